The van der Waals surface area contributed by atoms with Gasteiger partial charge in [-0.25, -0.2) is 0 Å². The zero-order valence-electron chi connectivity index (χ0n) is 13.0. The van der Waals surface area contributed by atoms with E-state index in [2.05, 4.69) is 9.99 Å². The highest BCUT2D eigenvalue weighted by atomic mass is 32.2. The molecule has 26 heavy (non-hydrogen) atoms. The maximum atomic E-state index is 12.7. The number of hydrogen-bond acceptors (Lipinski definition) is 6. The minimum atomic E-state index is -4.99. The molecule has 10 heteroatoms. The second-order valence-corrected chi connectivity index (χ2v) is 7.01. The van der Waals surface area contributed by atoms with Gasteiger partial charge in [0, 0.05) is 0 Å². The predicted octanol–water partition coefficient (Wildman–Crippen LogP) is 2.83. The van der Waals surface area contributed by atoms with E-state index in [1.54, 1.807) is 18.2 Å². The van der Waals surface area contributed by atoms with Gasteiger partial charge in [0.25, 0.3) is 0 Å². The molecule has 0 radical (unpaired) electrons. The first-order valence-electron chi connectivity index (χ1n) is 7.25. The third-order valence-corrected chi connectivity index (χ3v) is 4.84. The van der Waals surface area contributed by atoms with Crippen molar-refractivity contribution in [2.24, 2.45) is 5.16 Å². The Balaban J connectivity index is 1.74. The number of aliphatic hydroxyl groups is 1. The molecule has 1 heterocycles. The first kappa shape index (κ1) is 18.2. The quantitative estimate of drug-likeness (QED) is 0.816. The molecular weight excluding hydrogens is 375 g/mol. The Labute approximate surface area is 146 Å². The summed E-state index contributed by atoms with van der Waals surface area (Å²) in [6.07, 6.45) is -5.87. The molecule has 0 aliphatic carbocycles. The molecule has 1 N–H and O–H groups in total. The van der Waals surface area contributed by atoms with Crippen LogP contribution in [-0.4, -0.2) is 31.2 Å². The molecule has 0 saturated carbocycles. The van der Waals surface area contributed by atoms with E-state index in [4.69, 9.17) is 4.18 Å². The maximum Gasteiger partial charge on any atom is 0.458 e. The first-order valence-corrected chi connectivity index (χ1v) is 8.66. The largest absolute Gasteiger partial charge is 0.458 e. The van der Waals surface area contributed by atoms with Crippen molar-refractivity contribution >= 4 is 15.8 Å². The highest BCUT2D eigenvalue weighted by Gasteiger charge is 2.60. The molecule has 3 rings (SSSR count). The minimum absolute atomic E-state index is 0.0248. The lowest BCUT2D eigenvalue weighted by Gasteiger charge is -2.22. The van der Waals surface area contributed by atoms with Crippen LogP contribution in [0.1, 0.15) is 12.0 Å². The summed E-state index contributed by atoms with van der Waals surface area (Å²) in [7, 11) is -4.03. The summed E-state index contributed by atoms with van der Waals surface area (Å²) in [5.41, 5.74) is 0.108. The summed E-state index contributed by atoms with van der Waals surface area (Å²) in [6.45, 7) is 0. The van der Waals surface area contributed by atoms with Crippen LogP contribution in [0.15, 0.2) is 64.6 Å². The number of nitrogens with zero attached hydrogens (tertiary/aromatic N) is 1. The minimum Gasteiger partial charge on any atom is -0.379 e. The van der Waals surface area contributed by atoms with Crippen LogP contribution in [0.4, 0.5) is 13.2 Å². The maximum absolute atomic E-state index is 12.7. The summed E-state index contributed by atoms with van der Waals surface area (Å²) in [6, 6.07) is 12.6. The van der Waals surface area contributed by atoms with E-state index in [-0.39, 0.29) is 21.9 Å². The molecule has 0 aromatic heterocycles. The first-order chi connectivity index (χ1) is 12.1. The van der Waals surface area contributed by atoms with Crippen LogP contribution in [0, 0.1) is 0 Å². The number of oxime groups is 1. The van der Waals surface area contributed by atoms with Crippen molar-refractivity contribution in [2.45, 2.75) is 23.3 Å². The molecule has 1 aliphatic heterocycles. The average molecular weight is 387 g/mol. The molecule has 1 atom stereocenters. The normalized spacial score (nSPS) is 20.4. The van der Waals surface area contributed by atoms with Crippen molar-refractivity contribution in [1.29, 1.82) is 0 Å². The lowest BCUT2D eigenvalue weighted by Crippen LogP contribution is -2.45. The van der Waals surface area contributed by atoms with Gasteiger partial charge >= 0.3 is 22.1 Å². The van der Waals surface area contributed by atoms with Crippen molar-refractivity contribution in [2.75, 3.05) is 0 Å². The molecule has 0 bridgehead atoms. The van der Waals surface area contributed by atoms with E-state index in [1.807, 2.05) is 0 Å². The van der Waals surface area contributed by atoms with Gasteiger partial charge in [0.1, 0.15) is 10.6 Å². The molecule has 0 fully saturated rings. The zero-order chi connectivity index (χ0) is 19.0. The van der Waals surface area contributed by atoms with Crippen LogP contribution in [0.3, 0.4) is 0 Å². The second kappa shape index (κ2) is 6.29. The Kier molecular flexibility index (Phi) is 4.41. The summed E-state index contributed by atoms with van der Waals surface area (Å²) in [4.78, 5) is 4.10. The third kappa shape index (κ3) is 3.51. The highest BCUT2D eigenvalue weighted by molar-refractivity contribution is 7.87. The van der Waals surface area contributed by atoms with Crippen LogP contribution in [-0.2, 0) is 15.0 Å². The standard InChI is InChI=1S/C16H12F3NO5S/c17-16(18,19)15(21)10-14(20-25-15)11-6-8-12(9-7-11)24-26(22,23)13-4-2-1-3-5-13/h1-9,21H,10H2. The smallest absolute Gasteiger partial charge is 0.379 e. The van der Waals surface area contributed by atoms with Crippen LogP contribution in [0.5, 0.6) is 5.75 Å². The topological polar surface area (TPSA) is 85.2 Å². The Morgan fingerprint density at radius 1 is 1.08 bits per heavy atom. The Morgan fingerprint density at radius 3 is 2.23 bits per heavy atom. The van der Waals surface area contributed by atoms with Crippen molar-refractivity contribution in [3.63, 3.8) is 0 Å². The lowest BCUT2D eigenvalue weighted by atomic mass is 10.0. The molecular formula is C16H12F3NO5S. The second-order valence-electron chi connectivity index (χ2n) is 5.46. The van der Waals surface area contributed by atoms with Gasteiger partial charge in [-0.2, -0.15) is 21.6 Å². The Hall–Kier alpha value is -2.59. The fourth-order valence-electron chi connectivity index (χ4n) is 2.19. The van der Waals surface area contributed by atoms with Crippen LogP contribution >= 0.6 is 0 Å². The molecule has 1 unspecified atom stereocenters. The summed E-state index contributed by atoms with van der Waals surface area (Å²) in [5.74, 6) is -3.39. The van der Waals surface area contributed by atoms with Gasteiger partial charge in [0.05, 0.1) is 12.1 Å². The third-order valence-electron chi connectivity index (χ3n) is 3.58. The van der Waals surface area contributed by atoms with E-state index in [9.17, 15) is 26.7 Å². The Bertz CT molecular complexity index is 927. The molecule has 2 aromatic carbocycles. The SMILES string of the molecule is O=S(=O)(Oc1ccc(C2=NOC(O)(C(F)(F)F)C2)cc1)c1ccccc1. The summed E-state index contributed by atoms with van der Waals surface area (Å²) < 4.78 is 67.3. The van der Waals surface area contributed by atoms with Crippen LogP contribution < -0.4 is 4.18 Å². The van der Waals surface area contributed by atoms with Gasteiger partial charge in [-0.3, -0.25) is 0 Å². The van der Waals surface area contributed by atoms with E-state index >= 15 is 0 Å². The van der Waals surface area contributed by atoms with Crippen molar-refractivity contribution < 1.29 is 35.7 Å². The number of alkyl halides is 3. The number of benzene rings is 2. The van der Waals surface area contributed by atoms with Gasteiger partial charge in [-0.1, -0.05) is 23.4 Å². The van der Waals surface area contributed by atoms with E-state index in [0.717, 1.165) is 0 Å². The molecule has 0 saturated heterocycles. The van der Waals surface area contributed by atoms with Crippen molar-refractivity contribution in [1.82, 2.24) is 0 Å². The van der Waals surface area contributed by atoms with Gasteiger partial charge in [-0.15, -0.1) is 0 Å². The summed E-state index contributed by atoms with van der Waals surface area (Å²) >= 11 is 0. The fraction of sp³-hybridized carbons (Fsp3) is 0.188. The molecule has 6 nitrogen and oxygen atoms in total. The monoisotopic (exact) mass is 387 g/mol. The molecule has 2 aromatic rings. The number of rotatable bonds is 4. The van der Waals surface area contributed by atoms with Gasteiger partial charge in [-0.05, 0) is 42.0 Å². The Morgan fingerprint density at radius 2 is 1.69 bits per heavy atom. The van der Waals surface area contributed by atoms with Gasteiger partial charge < -0.3 is 14.1 Å². The molecule has 0 spiro atoms. The lowest BCUT2D eigenvalue weighted by molar-refractivity contribution is -0.355. The number of hydrogen-bond donors (Lipinski definition) is 1. The van der Waals surface area contributed by atoms with Crippen molar-refractivity contribution in [3.05, 3.63) is 60.2 Å². The predicted molar refractivity (Wildman–Crippen MR) is 83.9 cm³/mol. The number of halogens is 3. The fourth-order valence-corrected chi connectivity index (χ4v) is 3.14. The average Bonchev–Trinajstić information content (AvgIpc) is 3.00. The van der Waals surface area contributed by atoms with Crippen molar-refractivity contribution in [3.8, 4) is 5.75 Å². The molecule has 1 aliphatic rings. The van der Waals surface area contributed by atoms with E-state index in [0.29, 0.717) is 0 Å². The zero-order valence-corrected chi connectivity index (χ0v) is 13.8. The van der Waals surface area contributed by atoms with E-state index < -0.39 is 28.5 Å². The highest BCUT2D eigenvalue weighted by Crippen LogP contribution is 2.39. The summed E-state index contributed by atoms with van der Waals surface area (Å²) in [5, 5.41) is 12.7. The van der Waals surface area contributed by atoms with Crippen LogP contribution in [0.2, 0.25) is 0 Å². The molecule has 138 valence electrons. The molecule has 0 amide bonds. The van der Waals surface area contributed by atoms with Gasteiger partial charge in [0.2, 0.25) is 0 Å². The van der Waals surface area contributed by atoms with Gasteiger partial charge in [0.15, 0.2) is 0 Å². The van der Waals surface area contributed by atoms with Crippen LogP contribution in [0.25, 0.3) is 0 Å². The van der Waals surface area contributed by atoms with E-state index in [1.165, 1.54) is 36.4 Å².